The number of carbonyl (C=O) groups excluding carboxylic acids is 1. The molecule has 0 aliphatic heterocycles. The fourth-order valence-corrected chi connectivity index (χ4v) is 3.33. The number of carbonyl (C=O) groups is 1. The van der Waals surface area contributed by atoms with Crippen LogP contribution in [0.3, 0.4) is 0 Å². The molecule has 0 heterocycles. The molecule has 0 saturated carbocycles. The fraction of sp³-hybridized carbons (Fsp3) is 0.235. The number of hydrogen-bond acceptors (Lipinski definition) is 4. The van der Waals surface area contributed by atoms with Crippen molar-refractivity contribution in [2.45, 2.75) is 23.0 Å². The van der Waals surface area contributed by atoms with Crippen molar-refractivity contribution in [3.8, 4) is 0 Å². The third-order valence-corrected chi connectivity index (χ3v) is 5.03. The highest BCUT2D eigenvalue weighted by Gasteiger charge is 2.65. The van der Waals surface area contributed by atoms with Gasteiger partial charge in [0.15, 0.2) is 0 Å². The van der Waals surface area contributed by atoms with E-state index in [1.54, 1.807) is 12.1 Å². The third-order valence-electron chi connectivity index (χ3n) is 3.55. The second-order valence-electron chi connectivity index (χ2n) is 5.57. The highest BCUT2D eigenvalue weighted by atomic mass is 32.2. The van der Waals surface area contributed by atoms with Gasteiger partial charge >= 0.3 is 18.1 Å². The molecule has 0 bridgehead atoms. The summed E-state index contributed by atoms with van der Waals surface area (Å²) in [5, 5.41) is 0. The Bertz CT molecular complexity index is 902. The van der Waals surface area contributed by atoms with Crippen LogP contribution in [-0.4, -0.2) is 33.1 Å². The van der Waals surface area contributed by atoms with E-state index in [0.29, 0.717) is 0 Å². The Morgan fingerprint density at radius 1 is 0.929 bits per heavy atom. The van der Waals surface area contributed by atoms with Gasteiger partial charge in [-0.15, -0.1) is 0 Å². The number of alkyl halides is 5. The van der Waals surface area contributed by atoms with Crippen LogP contribution in [0.15, 0.2) is 65.6 Å². The summed E-state index contributed by atoms with van der Waals surface area (Å²) in [6.07, 6.45) is -6.13. The summed E-state index contributed by atoms with van der Waals surface area (Å²) in [6, 6.07) is 12.9. The van der Waals surface area contributed by atoms with E-state index in [2.05, 4.69) is 9.46 Å². The zero-order valence-electron chi connectivity index (χ0n) is 14.0. The predicted molar refractivity (Wildman–Crippen MR) is 87.9 cm³/mol. The Morgan fingerprint density at radius 2 is 1.43 bits per heavy atom. The normalized spacial score (nSPS) is 13.8. The van der Waals surface area contributed by atoms with Crippen molar-refractivity contribution in [2.24, 2.45) is 0 Å². The van der Waals surface area contributed by atoms with Gasteiger partial charge in [-0.05, 0) is 17.7 Å². The van der Waals surface area contributed by atoms with Crippen LogP contribution in [0.4, 0.5) is 22.0 Å². The zero-order chi connectivity index (χ0) is 21.0. The Balaban J connectivity index is 2.24. The van der Waals surface area contributed by atoms with Crippen LogP contribution < -0.4 is 4.72 Å². The lowest BCUT2D eigenvalue weighted by Gasteiger charge is -2.22. The molecular formula is C17H14F5NO4S. The monoisotopic (exact) mass is 423 g/mol. The number of hydrogen-bond donors (Lipinski definition) is 1. The summed E-state index contributed by atoms with van der Waals surface area (Å²) in [7, 11) is -4.17. The Morgan fingerprint density at radius 3 is 1.93 bits per heavy atom. The van der Waals surface area contributed by atoms with E-state index in [0.717, 1.165) is 0 Å². The summed E-state index contributed by atoms with van der Waals surface area (Å²) < 4.78 is 94.0. The minimum Gasteiger partial charge on any atom is -0.459 e. The van der Waals surface area contributed by atoms with Gasteiger partial charge in [0.1, 0.15) is 6.61 Å². The first kappa shape index (κ1) is 21.8. The van der Waals surface area contributed by atoms with Crippen LogP contribution in [0, 0.1) is 0 Å². The summed E-state index contributed by atoms with van der Waals surface area (Å²) in [5.41, 5.74) is 0.199. The van der Waals surface area contributed by atoms with Crippen molar-refractivity contribution in [3.63, 3.8) is 0 Å². The van der Waals surface area contributed by atoms with E-state index < -0.39 is 40.7 Å². The summed E-state index contributed by atoms with van der Waals surface area (Å²) >= 11 is 0. The SMILES string of the molecule is O=C(OCC(NS(=O)(=O)c1ccccc1)c1ccccc1)C(F)(F)C(F)(F)F. The summed E-state index contributed by atoms with van der Waals surface area (Å²) in [5.74, 6) is -8.54. The molecule has 1 N–H and O–H groups in total. The van der Waals surface area contributed by atoms with Crippen LogP contribution in [0.1, 0.15) is 11.6 Å². The van der Waals surface area contributed by atoms with Crippen LogP contribution in [-0.2, 0) is 19.6 Å². The van der Waals surface area contributed by atoms with Gasteiger partial charge in [0.25, 0.3) is 0 Å². The molecule has 0 saturated heterocycles. The number of halogens is 5. The van der Waals surface area contributed by atoms with Gasteiger partial charge in [-0.25, -0.2) is 17.9 Å². The lowest BCUT2D eigenvalue weighted by Crippen LogP contribution is -2.46. The maximum Gasteiger partial charge on any atom is 0.465 e. The molecule has 0 radical (unpaired) electrons. The molecule has 0 aliphatic rings. The lowest BCUT2D eigenvalue weighted by molar-refractivity contribution is -0.280. The summed E-state index contributed by atoms with van der Waals surface area (Å²) in [4.78, 5) is 11.0. The van der Waals surface area contributed by atoms with Gasteiger partial charge in [0, 0.05) is 0 Å². The largest absolute Gasteiger partial charge is 0.465 e. The second-order valence-corrected chi connectivity index (χ2v) is 7.28. The Kier molecular flexibility index (Phi) is 6.40. The number of sulfonamides is 1. The van der Waals surface area contributed by atoms with Gasteiger partial charge in [-0.3, -0.25) is 0 Å². The number of esters is 1. The molecule has 2 aromatic rings. The van der Waals surface area contributed by atoms with E-state index in [-0.39, 0.29) is 10.5 Å². The molecule has 28 heavy (non-hydrogen) atoms. The minimum atomic E-state index is -6.13. The Hall–Kier alpha value is -2.53. The molecule has 0 fully saturated rings. The molecule has 0 amide bonds. The average Bonchev–Trinajstić information content (AvgIpc) is 2.65. The molecule has 2 rings (SSSR count). The number of benzene rings is 2. The highest BCUT2D eigenvalue weighted by molar-refractivity contribution is 7.89. The second kappa shape index (κ2) is 8.23. The van der Waals surface area contributed by atoms with E-state index >= 15 is 0 Å². The molecule has 0 spiro atoms. The lowest BCUT2D eigenvalue weighted by atomic mass is 10.1. The fourth-order valence-electron chi connectivity index (χ4n) is 2.10. The quantitative estimate of drug-likeness (QED) is 0.547. The standard InChI is InChI=1S/C17H14F5NO4S/c18-16(19,17(20,21)22)15(24)27-11-14(12-7-3-1-4-8-12)23-28(25,26)13-9-5-2-6-10-13/h1-10,14,23H,11H2. The van der Waals surface area contributed by atoms with Crippen molar-refractivity contribution in [1.29, 1.82) is 0 Å². The zero-order valence-corrected chi connectivity index (χ0v) is 14.8. The van der Waals surface area contributed by atoms with E-state index in [1.807, 2.05) is 0 Å². The van der Waals surface area contributed by atoms with Crippen LogP contribution in [0.25, 0.3) is 0 Å². The number of ether oxygens (including phenoxy) is 1. The molecule has 152 valence electrons. The molecular weight excluding hydrogens is 409 g/mol. The first-order valence-corrected chi connectivity index (χ1v) is 9.17. The maximum absolute atomic E-state index is 13.0. The van der Waals surface area contributed by atoms with Crippen LogP contribution >= 0.6 is 0 Å². The smallest absolute Gasteiger partial charge is 0.459 e. The molecule has 0 aliphatic carbocycles. The van der Waals surface area contributed by atoms with Crippen molar-refractivity contribution >= 4 is 16.0 Å². The number of rotatable bonds is 7. The predicted octanol–water partition coefficient (Wildman–Crippen LogP) is 3.45. The van der Waals surface area contributed by atoms with Crippen molar-refractivity contribution < 1.29 is 39.9 Å². The molecule has 1 unspecified atom stereocenters. The van der Waals surface area contributed by atoms with Gasteiger partial charge in [-0.1, -0.05) is 48.5 Å². The third kappa shape index (κ3) is 5.04. The van der Waals surface area contributed by atoms with Gasteiger partial charge in [-0.2, -0.15) is 22.0 Å². The molecule has 1 atom stereocenters. The van der Waals surface area contributed by atoms with Crippen LogP contribution in [0.5, 0.6) is 0 Å². The van der Waals surface area contributed by atoms with Crippen molar-refractivity contribution in [1.82, 2.24) is 4.72 Å². The topological polar surface area (TPSA) is 72.5 Å². The molecule has 11 heteroatoms. The maximum atomic E-state index is 13.0. The van der Waals surface area contributed by atoms with Crippen molar-refractivity contribution in [2.75, 3.05) is 6.61 Å². The first-order valence-electron chi connectivity index (χ1n) is 7.69. The molecule has 0 aromatic heterocycles. The van der Waals surface area contributed by atoms with Gasteiger partial charge in [0.2, 0.25) is 10.0 Å². The average molecular weight is 423 g/mol. The Labute approximate surface area is 157 Å². The highest BCUT2D eigenvalue weighted by Crippen LogP contribution is 2.36. The molecule has 2 aromatic carbocycles. The number of nitrogens with one attached hydrogen (secondary N) is 1. The van der Waals surface area contributed by atoms with Gasteiger partial charge in [0.05, 0.1) is 10.9 Å². The first-order chi connectivity index (χ1) is 12.9. The molecule has 5 nitrogen and oxygen atoms in total. The van der Waals surface area contributed by atoms with Crippen molar-refractivity contribution in [3.05, 3.63) is 66.2 Å². The van der Waals surface area contributed by atoms with Crippen LogP contribution in [0.2, 0.25) is 0 Å². The van der Waals surface area contributed by atoms with E-state index in [9.17, 15) is 35.2 Å². The van der Waals surface area contributed by atoms with Gasteiger partial charge < -0.3 is 4.74 Å². The summed E-state index contributed by atoms with van der Waals surface area (Å²) in [6.45, 7) is -1.07. The van der Waals surface area contributed by atoms with E-state index in [1.165, 1.54) is 48.5 Å². The minimum absolute atomic E-state index is 0.164. The van der Waals surface area contributed by atoms with E-state index in [4.69, 9.17) is 0 Å².